The summed E-state index contributed by atoms with van der Waals surface area (Å²) in [5, 5.41) is 3.32. The Morgan fingerprint density at radius 2 is 1.70 bits per heavy atom. The molecule has 0 aliphatic carbocycles. The third kappa shape index (κ3) is 7.47. The number of nitrogens with one attached hydrogen (secondary N) is 1. The highest BCUT2D eigenvalue weighted by atomic mass is 35.5. The van der Waals surface area contributed by atoms with E-state index in [1.165, 1.54) is 4.90 Å². The van der Waals surface area contributed by atoms with Crippen LogP contribution in [0.4, 0.5) is 5.69 Å². The second-order valence-corrected chi connectivity index (χ2v) is 10.3. The molecule has 0 spiro atoms. The summed E-state index contributed by atoms with van der Waals surface area (Å²) in [4.78, 5) is 27.9. The zero-order valence-electron chi connectivity index (χ0n) is 19.5. The molecule has 9 heteroatoms. The van der Waals surface area contributed by atoms with Crippen LogP contribution in [0.15, 0.2) is 48.5 Å². The topological polar surface area (TPSA) is 86.8 Å². The van der Waals surface area contributed by atoms with Gasteiger partial charge in [-0.3, -0.25) is 13.9 Å². The van der Waals surface area contributed by atoms with E-state index in [9.17, 15) is 18.0 Å². The number of nitrogens with zero attached hydrogens (tertiary/aromatic N) is 2. The molecule has 0 bridgehead atoms. The average molecular weight is 494 g/mol. The Bertz CT molecular complexity index is 1060. The van der Waals surface area contributed by atoms with Crippen LogP contribution in [0.3, 0.4) is 0 Å². The number of amides is 2. The SMILES string of the molecule is CCCNC(=O)[C@H](CC)N(Cc1ccccc1C)C(=O)CN(c1ccc(Cl)cc1)S(C)(=O)=O. The number of carbonyl (C=O) groups excluding carboxylic acids is 2. The quantitative estimate of drug-likeness (QED) is 0.516. The van der Waals surface area contributed by atoms with Crippen molar-refractivity contribution in [2.45, 2.75) is 46.2 Å². The van der Waals surface area contributed by atoms with Crippen LogP contribution in [0.25, 0.3) is 0 Å². The normalized spacial score (nSPS) is 12.2. The molecule has 0 fully saturated rings. The van der Waals surface area contributed by atoms with Gasteiger partial charge in [-0.1, -0.05) is 49.7 Å². The Balaban J connectivity index is 2.42. The highest BCUT2D eigenvalue weighted by molar-refractivity contribution is 7.92. The van der Waals surface area contributed by atoms with E-state index in [0.29, 0.717) is 23.7 Å². The summed E-state index contributed by atoms with van der Waals surface area (Å²) in [5.74, 6) is -0.712. The molecule has 0 unspecified atom stereocenters. The summed E-state index contributed by atoms with van der Waals surface area (Å²) in [6, 6.07) is 13.1. The molecule has 1 N–H and O–H groups in total. The lowest BCUT2D eigenvalue weighted by Crippen LogP contribution is -2.52. The average Bonchev–Trinajstić information content (AvgIpc) is 2.77. The number of hydrogen-bond donors (Lipinski definition) is 1. The highest BCUT2D eigenvalue weighted by Gasteiger charge is 2.31. The Hall–Kier alpha value is -2.58. The Morgan fingerprint density at radius 3 is 2.24 bits per heavy atom. The molecule has 0 radical (unpaired) electrons. The minimum atomic E-state index is -3.77. The smallest absolute Gasteiger partial charge is 0.244 e. The highest BCUT2D eigenvalue weighted by Crippen LogP contribution is 2.22. The van der Waals surface area contributed by atoms with E-state index in [2.05, 4.69) is 5.32 Å². The van der Waals surface area contributed by atoms with Gasteiger partial charge >= 0.3 is 0 Å². The first kappa shape index (κ1) is 26.7. The van der Waals surface area contributed by atoms with Crippen molar-refractivity contribution in [3.8, 4) is 0 Å². The van der Waals surface area contributed by atoms with E-state index >= 15 is 0 Å². The van der Waals surface area contributed by atoms with Crippen LogP contribution in [0.1, 0.15) is 37.8 Å². The van der Waals surface area contributed by atoms with Gasteiger partial charge in [-0.15, -0.1) is 0 Å². The molecule has 0 aromatic heterocycles. The predicted octanol–water partition coefficient (Wildman–Crippen LogP) is 3.75. The molecule has 2 aromatic carbocycles. The molecule has 2 aromatic rings. The van der Waals surface area contributed by atoms with Gasteiger partial charge in [-0.25, -0.2) is 8.42 Å². The van der Waals surface area contributed by atoms with Crippen molar-refractivity contribution in [2.75, 3.05) is 23.7 Å². The first-order chi connectivity index (χ1) is 15.6. The van der Waals surface area contributed by atoms with Crippen LogP contribution in [0.5, 0.6) is 0 Å². The lowest BCUT2D eigenvalue weighted by atomic mass is 10.1. The van der Waals surface area contributed by atoms with Gasteiger partial charge in [0.1, 0.15) is 12.6 Å². The van der Waals surface area contributed by atoms with Crippen LogP contribution in [0.2, 0.25) is 5.02 Å². The number of benzene rings is 2. The van der Waals surface area contributed by atoms with Gasteiger partial charge in [0.25, 0.3) is 0 Å². The van der Waals surface area contributed by atoms with E-state index < -0.39 is 28.5 Å². The van der Waals surface area contributed by atoms with Gasteiger partial charge in [0, 0.05) is 18.1 Å². The first-order valence-corrected chi connectivity index (χ1v) is 13.2. The van der Waals surface area contributed by atoms with Gasteiger partial charge in [-0.2, -0.15) is 0 Å². The number of rotatable bonds is 11. The molecule has 7 nitrogen and oxygen atoms in total. The van der Waals surface area contributed by atoms with Crippen LogP contribution in [-0.4, -0.2) is 50.5 Å². The van der Waals surface area contributed by atoms with Crippen molar-refractivity contribution in [1.82, 2.24) is 10.2 Å². The standard InChI is InChI=1S/C24H32ClN3O4S/c1-5-15-26-24(30)22(6-2)27(16-19-10-8-7-9-18(19)3)23(29)17-28(33(4,31)32)21-13-11-20(25)12-14-21/h7-14,22H,5-6,15-17H2,1-4H3,(H,26,30)/t22-/m0/s1. The minimum absolute atomic E-state index is 0.196. The summed E-state index contributed by atoms with van der Waals surface area (Å²) >= 11 is 5.94. The molecule has 180 valence electrons. The van der Waals surface area contributed by atoms with E-state index in [0.717, 1.165) is 28.1 Å². The summed E-state index contributed by atoms with van der Waals surface area (Å²) < 4.78 is 26.1. The van der Waals surface area contributed by atoms with Crippen molar-refractivity contribution < 1.29 is 18.0 Å². The number of aryl methyl sites for hydroxylation is 1. The van der Waals surface area contributed by atoms with Crippen molar-refractivity contribution in [1.29, 1.82) is 0 Å². The Kier molecular flexibility index (Phi) is 9.73. The first-order valence-electron chi connectivity index (χ1n) is 10.9. The number of halogens is 1. The molecule has 0 saturated heterocycles. The zero-order valence-corrected chi connectivity index (χ0v) is 21.1. The van der Waals surface area contributed by atoms with Crippen molar-refractivity contribution in [3.05, 3.63) is 64.7 Å². The van der Waals surface area contributed by atoms with Gasteiger partial charge in [0.2, 0.25) is 21.8 Å². The molecule has 33 heavy (non-hydrogen) atoms. The second kappa shape index (κ2) is 12.0. The van der Waals surface area contributed by atoms with Gasteiger partial charge in [0.05, 0.1) is 11.9 Å². The lowest BCUT2D eigenvalue weighted by Gasteiger charge is -2.33. The van der Waals surface area contributed by atoms with Crippen molar-refractivity contribution in [3.63, 3.8) is 0 Å². The summed E-state index contributed by atoms with van der Waals surface area (Å²) in [7, 11) is -3.77. The predicted molar refractivity (Wildman–Crippen MR) is 133 cm³/mol. The maximum absolute atomic E-state index is 13.5. The number of carbonyl (C=O) groups is 2. The second-order valence-electron chi connectivity index (χ2n) is 7.91. The largest absolute Gasteiger partial charge is 0.354 e. The molecule has 0 heterocycles. The molecular formula is C24H32ClN3O4S. The van der Waals surface area contributed by atoms with E-state index in [-0.39, 0.29) is 12.5 Å². The molecule has 1 atom stereocenters. The molecule has 0 aliphatic heterocycles. The molecule has 2 rings (SSSR count). The fourth-order valence-corrected chi connectivity index (χ4v) is 4.45. The van der Waals surface area contributed by atoms with E-state index in [1.807, 2.05) is 45.0 Å². The van der Waals surface area contributed by atoms with Gasteiger partial charge in [0.15, 0.2) is 0 Å². The third-order valence-corrected chi connectivity index (χ3v) is 6.72. The van der Waals surface area contributed by atoms with E-state index in [4.69, 9.17) is 11.6 Å². The Labute approximate surface area is 201 Å². The number of sulfonamides is 1. The summed E-state index contributed by atoms with van der Waals surface area (Å²) in [5.41, 5.74) is 2.20. The van der Waals surface area contributed by atoms with Gasteiger partial charge < -0.3 is 10.2 Å². The Morgan fingerprint density at radius 1 is 1.06 bits per heavy atom. The molecule has 0 saturated carbocycles. The summed E-state index contributed by atoms with van der Waals surface area (Å²) in [6.45, 7) is 6.00. The molecular weight excluding hydrogens is 462 g/mol. The van der Waals surface area contributed by atoms with Gasteiger partial charge in [-0.05, 0) is 55.2 Å². The fraction of sp³-hybridized carbons (Fsp3) is 0.417. The van der Waals surface area contributed by atoms with E-state index in [1.54, 1.807) is 24.3 Å². The molecule has 2 amide bonds. The van der Waals surface area contributed by atoms with Crippen LogP contribution < -0.4 is 9.62 Å². The summed E-state index contributed by atoms with van der Waals surface area (Å²) in [6.07, 6.45) is 2.21. The monoisotopic (exact) mass is 493 g/mol. The van der Waals surface area contributed by atoms with Crippen molar-refractivity contribution in [2.24, 2.45) is 0 Å². The minimum Gasteiger partial charge on any atom is -0.354 e. The maximum Gasteiger partial charge on any atom is 0.244 e. The van der Waals surface area contributed by atoms with Crippen molar-refractivity contribution >= 4 is 39.1 Å². The maximum atomic E-state index is 13.5. The van der Waals surface area contributed by atoms with Crippen LogP contribution in [0, 0.1) is 6.92 Å². The zero-order chi connectivity index (χ0) is 24.6. The number of anilines is 1. The van der Waals surface area contributed by atoms with Crippen LogP contribution >= 0.6 is 11.6 Å². The third-order valence-electron chi connectivity index (χ3n) is 5.33. The molecule has 0 aliphatic rings. The lowest BCUT2D eigenvalue weighted by molar-refractivity contribution is -0.140. The van der Waals surface area contributed by atoms with Crippen LogP contribution in [-0.2, 0) is 26.2 Å². The fourth-order valence-electron chi connectivity index (χ4n) is 3.48. The number of hydrogen-bond acceptors (Lipinski definition) is 4.